The molecule has 1 atom stereocenters. The van der Waals surface area contributed by atoms with Crippen LogP contribution in [0.3, 0.4) is 0 Å². The van der Waals surface area contributed by atoms with E-state index < -0.39 is 0 Å². The monoisotopic (exact) mass is 348 g/mol. The molecule has 4 nitrogen and oxygen atoms in total. The smallest absolute Gasteiger partial charge is 0.0927 e. The SMILES string of the molecule is CN(C)C[C@H]1CCCN(Cc2ccc(-n3cc4ccccc4n3)cc2)C1. The van der Waals surface area contributed by atoms with Crippen molar-refractivity contribution in [1.82, 2.24) is 19.6 Å². The van der Waals surface area contributed by atoms with E-state index >= 15 is 0 Å². The molecule has 0 unspecified atom stereocenters. The second-order valence-corrected chi connectivity index (χ2v) is 7.80. The van der Waals surface area contributed by atoms with Gasteiger partial charge in [0.15, 0.2) is 0 Å². The zero-order valence-corrected chi connectivity index (χ0v) is 15.8. The van der Waals surface area contributed by atoms with Gasteiger partial charge in [0.1, 0.15) is 0 Å². The number of aromatic nitrogens is 2. The van der Waals surface area contributed by atoms with Crippen LogP contribution >= 0.6 is 0 Å². The minimum atomic E-state index is 0.800. The zero-order chi connectivity index (χ0) is 17.9. The van der Waals surface area contributed by atoms with E-state index in [0.717, 1.165) is 23.7 Å². The summed E-state index contributed by atoms with van der Waals surface area (Å²) in [5, 5.41) is 5.85. The van der Waals surface area contributed by atoms with Crippen molar-refractivity contribution < 1.29 is 0 Å². The van der Waals surface area contributed by atoms with Crippen molar-refractivity contribution >= 4 is 10.9 Å². The van der Waals surface area contributed by atoms with Crippen molar-refractivity contribution in [3.05, 3.63) is 60.3 Å². The summed E-state index contributed by atoms with van der Waals surface area (Å²) in [6.45, 7) is 4.67. The lowest BCUT2D eigenvalue weighted by atomic mass is 9.97. The Balaban J connectivity index is 1.42. The number of nitrogens with zero attached hydrogens (tertiary/aromatic N) is 4. The third-order valence-electron chi connectivity index (χ3n) is 5.25. The predicted molar refractivity (Wildman–Crippen MR) is 108 cm³/mol. The van der Waals surface area contributed by atoms with Crippen molar-refractivity contribution in [2.24, 2.45) is 5.92 Å². The lowest BCUT2D eigenvalue weighted by molar-refractivity contribution is 0.145. The minimum Gasteiger partial charge on any atom is -0.309 e. The Morgan fingerprint density at radius 2 is 1.88 bits per heavy atom. The quantitative estimate of drug-likeness (QED) is 0.701. The highest BCUT2D eigenvalue weighted by molar-refractivity contribution is 5.78. The Bertz CT molecular complexity index is 817. The normalized spacial score (nSPS) is 18.7. The lowest BCUT2D eigenvalue weighted by Crippen LogP contribution is -2.38. The Labute approximate surface area is 156 Å². The molecule has 3 aromatic rings. The third kappa shape index (κ3) is 3.97. The van der Waals surface area contributed by atoms with Gasteiger partial charge in [-0.05, 0) is 63.2 Å². The largest absolute Gasteiger partial charge is 0.309 e. The second-order valence-electron chi connectivity index (χ2n) is 7.80. The predicted octanol–water partition coefficient (Wildman–Crippen LogP) is 3.80. The average molecular weight is 348 g/mol. The van der Waals surface area contributed by atoms with Gasteiger partial charge < -0.3 is 4.90 Å². The molecule has 0 N–H and O–H groups in total. The number of likely N-dealkylation sites (tertiary alicyclic amines) is 1. The van der Waals surface area contributed by atoms with Gasteiger partial charge in [-0.3, -0.25) is 4.90 Å². The number of benzene rings is 2. The summed E-state index contributed by atoms with van der Waals surface area (Å²) in [7, 11) is 4.35. The second kappa shape index (κ2) is 7.60. The van der Waals surface area contributed by atoms with Crippen LogP contribution in [0.15, 0.2) is 54.7 Å². The Morgan fingerprint density at radius 1 is 1.08 bits per heavy atom. The first kappa shape index (κ1) is 17.3. The van der Waals surface area contributed by atoms with Crippen LogP contribution in [0.25, 0.3) is 16.6 Å². The lowest BCUT2D eigenvalue weighted by Gasteiger charge is -2.34. The number of hydrogen-bond acceptors (Lipinski definition) is 3. The third-order valence-corrected chi connectivity index (χ3v) is 5.25. The van der Waals surface area contributed by atoms with Crippen LogP contribution < -0.4 is 0 Å². The van der Waals surface area contributed by atoms with Crippen LogP contribution in [0.2, 0.25) is 0 Å². The van der Waals surface area contributed by atoms with E-state index in [1.165, 1.54) is 43.4 Å². The maximum Gasteiger partial charge on any atom is 0.0927 e. The molecule has 0 spiro atoms. The molecule has 0 radical (unpaired) electrons. The summed E-state index contributed by atoms with van der Waals surface area (Å²) < 4.78 is 1.97. The fraction of sp³-hybridized carbons (Fsp3) is 0.409. The molecule has 0 amide bonds. The Kier molecular flexibility index (Phi) is 5.05. The molecule has 2 aromatic carbocycles. The highest BCUT2D eigenvalue weighted by Gasteiger charge is 2.20. The van der Waals surface area contributed by atoms with Gasteiger partial charge in [0.25, 0.3) is 0 Å². The molecule has 2 heterocycles. The van der Waals surface area contributed by atoms with Gasteiger partial charge >= 0.3 is 0 Å². The average Bonchev–Trinajstić information content (AvgIpc) is 3.06. The van der Waals surface area contributed by atoms with E-state index in [9.17, 15) is 0 Å². The summed E-state index contributed by atoms with van der Waals surface area (Å²) >= 11 is 0. The molecule has 0 saturated carbocycles. The summed E-state index contributed by atoms with van der Waals surface area (Å²) in [5.41, 5.74) is 3.54. The van der Waals surface area contributed by atoms with Crippen molar-refractivity contribution in [1.29, 1.82) is 0 Å². The van der Waals surface area contributed by atoms with Crippen LogP contribution in [0.4, 0.5) is 0 Å². The van der Waals surface area contributed by atoms with Crippen LogP contribution in [0.1, 0.15) is 18.4 Å². The molecule has 1 aliphatic rings. The first-order valence-corrected chi connectivity index (χ1v) is 9.58. The Hall–Kier alpha value is -2.17. The topological polar surface area (TPSA) is 24.3 Å². The van der Waals surface area contributed by atoms with Crippen LogP contribution in [-0.4, -0.2) is 53.3 Å². The maximum absolute atomic E-state index is 4.67. The molecule has 4 heteroatoms. The molecule has 4 rings (SSSR count). The van der Waals surface area contributed by atoms with Crippen molar-refractivity contribution in [3.8, 4) is 5.69 Å². The summed E-state index contributed by atoms with van der Waals surface area (Å²) in [6.07, 6.45) is 4.78. The van der Waals surface area contributed by atoms with Gasteiger partial charge in [0.05, 0.1) is 11.2 Å². The fourth-order valence-corrected chi connectivity index (χ4v) is 4.07. The molecule has 1 fully saturated rings. The van der Waals surface area contributed by atoms with E-state index in [-0.39, 0.29) is 0 Å². The van der Waals surface area contributed by atoms with Gasteiger partial charge in [-0.25, -0.2) is 4.68 Å². The van der Waals surface area contributed by atoms with Crippen molar-refractivity contribution in [2.75, 3.05) is 33.7 Å². The van der Waals surface area contributed by atoms with Crippen molar-refractivity contribution in [3.63, 3.8) is 0 Å². The molecule has 26 heavy (non-hydrogen) atoms. The molecule has 1 saturated heterocycles. The fourth-order valence-electron chi connectivity index (χ4n) is 4.07. The van der Waals surface area contributed by atoms with Gasteiger partial charge in [-0.2, -0.15) is 5.10 Å². The number of hydrogen-bond donors (Lipinski definition) is 0. The van der Waals surface area contributed by atoms with E-state index in [4.69, 9.17) is 0 Å². The zero-order valence-electron chi connectivity index (χ0n) is 15.8. The van der Waals surface area contributed by atoms with Gasteiger partial charge in [-0.15, -0.1) is 0 Å². The maximum atomic E-state index is 4.67. The molecule has 0 bridgehead atoms. The molecule has 1 aromatic heterocycles. The number of rotatable bonds is 5. The van der Waals surface area contributed by atoms with E-state index in [0.29, 0.717) is 0 Å². The van der Waals surface area contributed by atoms with Crippen molar-refractivity contribution in [2.45, 2.75) is 19.4 Å². The highest BCUT2D eigenvalue weighted by Crippen LogP contribution is 2.20. The van der Waals surface area contributed by atoms with Gasteiger partial charge in [0, 0.05) is 31.2 Å². The minimum absolute atomic E-state index is 0.800. The first-order valence-electron chi connectivity index (χ1n) is 9.58. The summed E-state index contributed by atoms with van der Waals surface area (Å²) in [4.78, 5) is 4.92. The van der Waals surface area contributed by atoms with Gasteiger partial charge in [0.2, 0.25) is 0 Å². The summed E-state index contributed by atoms with van der Waals surface area (Å²) in [6, 6.07) is 17.1. The number of fused-ring (bicyclic) bond motifs is 1. The van der Waals surface area contributed by atoms with E-state index in [2.05, 4.69) is 77.7 Å². The van der Waals surface area contributed by atoms with E-state index in [1.54, 1.807) is 0 Å². The van der Waals surface area contributed by atoms with Crippen LogP contribution in [-0.2, 0) is 6.54 Å². The molecule has 0 aliphatic carbocycles. The highest BCUT2D eigenvalue weighted by atomic mass is 15.3. The number of piperidine rings is 1. The van der Waals surface area contributed by atoms with Crippen LogP contribution in [0.5, 0.6) is 0 Å². The Morgan fingerprint density at radius 3 is 2.65 bits per heavy atom. The van der Waals surface area contributed by atoms with Gasteiger partial charge in [-0.1, -0.05) is 30.3 Å². The molecule has 136 valence electrons. The molecule has 1 aliphatic heterocycles. The molecular formula is C22H28N4. The van der Waals surface area contributed by atoms with E-state index in [1.807, 2.05) is 10.7 Å². The molecular weight excluding hydrogens is 320 g/mol. The standard InChI is InChI=1S/C22H28N4/c1-24(2)14-19-6-5-13-25(16-19)15-18-9-11-21(12-10-18)26-17-20-7-3-4-8-22(20)23-26/h3-4,7-12,17,19H,5-6,13-16H2,1-2H3/t19-/m1/s1. The summed E-state index contributed by atoms with van der Waals surface area (Å²) in [5.74, 6) is 0.800. The first-order chi connectivity index (χ1) is 12.7. The van der Waals surface area contributed by atoms with Crippen LogP contribution in [0, 0.1) is 5.92 Å².